The molecule has 0 fully saturated rings. The second-order valence-electron chi connectivity index (χ2n) is 7.61. The molecule has 0 spiro atoms. The third-order valence-electron chi connectivity index (χ3n) is 5.67. The standard InChI is InChI=1S/C24H25N3O5S/c1-31-17-9-11-19(12-10-17)33(29,30)26-21-7-4-8-22-20(21)13-14-27(22)23(24(25)28)16-5-3-6-18(15-16)32-2/h3-12,15,23,26H,13-14H2,1-2H3,(H2,25,28). The Labute approximate surface area is 193 Å². The summed E-state index contributed by atoms with van der Waals surface area (Å²) in [6.45, 7) is 0.515. The Morgan fingerprint density at radius 1 is 1.00 bits per heavy atom. The molecule has 1 aliphatic rings. The van der Waals surface area contributed by atoms with E-state index < -0.39 is 22.0 Å². The van der Waals surface area contributed by atoms with Gasteiger partial charge in [0.15, 0.2) is 0 Å². The second-order valence-corrected chi connectivity index (χ2v) is 9.29. The van der Waals surface area contributed by atoms with Crippen LogP contribution in [0.25, 0.3) is 0 Å². The highest BCUT2D eigenvalue weighted by Crippen LogP contribution is 2.40. The number of fused-ring (bicyclic) bond motifs is 1. The summed E-state index contributed by atoms with van der Waals surface area (Å²) in [6.07, 6.45) is 0.560. The summed E-state index contributed by atoms with van der Waals surface area (Å²) in [6, 6.07) is 18.0. The van der Waals surface area contributed by atoms with Crippen molar-refractivity contribution in [3.63, 3.8) is 0 Å². The molecule has 9 heteroatoms. The van der Waals surface area contributed by atoms with Gasteiger partial charge in [-0.15, -0.1) is 0 Å². The van der Waals surface area contributed by atoms with E-state index in [9.17, 15) is 13.2 Å². The SMILES string of the molecule is COc1ccc(S(=O)(=O)Nc2cccc3c2CCN3C(C(N)=O)c2cccc(OC)c2)cc1. The summed E-state index contributed by atoms with van der Waals surface area (Å²) in [4.78, 5) is 14.5. The van der Waals surface area contributed by atoms with Gasteiger partial charge in [0.25, 0.3) is 10.0 Å². The lowest BCUT2D eigenvalue weighted by Gasteiger charge is -2.28. The second kappa shape index (κ2) is 9.03. The van der Waals surface area contributed by atoms with Gasteiger partial charge in [-0.2, -0.15) is 0 Å². The van der Waals surface area contributed by atoms with Gasteiger partial charge in [0.2, 0.25) is 5.91 Å². The Morgan fingerprint density at radius 2 is 1.70 bits per heavy atom. The fraction of sp³-hybridized carbons (Fsp3) is 0.208. The number of hydrogen-bond acceptors (Lipinski definition) is 6. The van der Waals surface area contributed by atoms with Crippen molar-refractivity contribution < 1.29 is 22.7 Å². The van der Waals surface area contributed by atoms with Crippen LogP contribution in [-0.4, -0.2) is 35.1 Å². The monoisotopic (exact) mass is 467 g/mol. The molecular formula is C24H25N3O5S. The van der Waals surface area contributed by atoms with Crippen LogP contribution in [0.15, 0.2) is 71.6 Å². The number of benzene rings is 3. The minimum absolute atomic E-state index is 0.127. The normalized spacial score (nSPS) is 13.8. The topological polar surface area (TPSA) is 111 Å². The van der Waals surface area contributed by atoms with Crippen LogP contribution in [0.5, 0.6) is 11.5 Å². The Morgan fingerprint density at radius 3 is 2.36 bits per heavy atom. The molecule has 8 nitrogen and oxygen atoms in total. The van der Waals surface area contributed by atoms with Crippen LogP contribution in [0, 0.1) is 0 Å². The highest BCUT2D eigenvalue weighted by molar-refractivity contribution is 7.92. The van der Waals surface area contributed by atoms with Crippen LogP contribution in [-0.2, 0) is 21.2 Å². The number of ether oxygens (including phenoxy) is 2. The Kier molecular flexibility index (Phi) is 6.15. The van der Waals surface area contributed by atoms with Crippen LogP contribution < -0.4 is 24.8 Å². The molecule has 1 atom stereocenters. The number of sulfonamides is 1. The molecule has 0 aliphatic carbocycles. The quantitative estimate of drug-likeness (QED) is 0.527. The van der Waals surface area contributed by atoms with Gasteiger partial charge in [0.05, 0.1) is 24.8 Å². The van der Waals surface area contributed by atoms with E-state index in [4.69, 9.17) is 15.2 Å². The predicted molar refractivity (Wildman–Crippen MR) is 126 cm³/mol. The lowest BCUT2D eigenvalue weighted by Crippen LogP contribution is -2.36. The van der Waals surface area contributed by atoms with E-state index in [2.05, 4.69) is 4.72 Å². The Hall–Kier alpha value is -3.72. The number of primary amides is 1. The predicted octanol–water partition coefficient (Wildman–Crippen LogP) is 3.09. The van der Waals surface area contributed by atoms with Crippen molar-refractivity contribution in [2.45, 2.75) is 17.4 Å². The average molecular weight is 468 g/mol. The first kappa shape index (κ1) is 22.5. The molecule has 0 saturated heterocycles. The molecule has 3 N–H and O–H groups in total. The maximum Gasteiger partial charge on any atom is 0.261 e. The molecule has 0 bridgehead atoms. The van der Waals surface area contributed by atoms with Crippen molar-refractivity contribution in [2.75, 3.05) is 30.4 Å². The molecule has 0 aromatic heterocycles. The van der Waals surface area contributed by atoms with Gasteiger partial charge in [-0.3, -0.25) is 9.52 Å². The van der Waals surface area contributed by atoms with Crippen molar-refractivity contribution in [1.82, 2.24) is 0 Å². The summed E-state index contributed by atoms with van der Waals surface area (Å²) in [5.74, 6) is 0.694. The van der Waals surface area contributed by atoms with Crippen LogP contribution in [0.3, 0.4) is 0 Å². The number of carbonyl (C=O) groups excluding carboxylic acids is 1. The minimum atomic E-state index is -3.81. The van der Waals surface area contributed by atoms with Gasteiger partial charge >= 0.3 is 0 Å². The molecule has 0 saturated carbocycles. The third-order valence-corrected chi connectivity index (χ3v) is 7.05. The van der Waals surface area contributed by atoms with Gasteiger partial charge in [0.1, 0.15) is 17.5 Å². The van der Waals surface area contributed by atoms with Crippen molar-refractivity contribution >= 4 is 27.3 Å². The maximum absolute atomic E-state index is 13.0. The largest absolute Gasteiger partial charge is 0.497 e. The van der Waals surface area contributed by atoms with E-state index >= 15 is 0 Å². The van der Waals surface area contributed by atoms with Crippen LogP contribution in [0.4, 0.5) is 11.4 Å². The molecule has 1 aliphatic heterocycles. The first-order valence-corrected chi connectivity index (χ1v) is 11.8. The fourth-order valence-electron chi connectivity index (χ4n) is 4.09. The summed E-state index contributed by atoms with van der Waals surface area (Å²) < 4.78 is 39.0. The van der Waals surface area contributed by atoms with Crippen molar-refractivity contribution in [2.24, 2.45) is 5.73 Å². The van der Waals surface area contributed by atoms with E-state index in [-0.39, 0.29) is 4.90 Å². The molecule has 33 heavy (non-hydrogen) atoms. The maximum atomic E-state index is 13.0. The van der Waals surface area contributed by atoms with E-state index in [0.29, 0.717) is 35.7 Å². The highest BCUT2D eigenvalue weighted by atomic mass is 32.2. The molecule has 1 heterocycles. The number of nitrogens with zero attached hydrogens (tertiary/aromatic N) is 1. The number of hydrogen-bond donors (Lipinski definition) is 2. The van der Waals surface area contributed by atoms with Crippen molar-refractivity contribution in [3.05, 3.63) is 77.9 Å². The van der Waals surface area contributed by atoms with E-state index in [0.717, 1.165) is 11.3 Å². The van der Waals surface area contributed by atoms with Gasteiger partial charge in [-0.25, -0.2) is 8.42 Å². The zero-order chi connectivity index (χ0) is 23.6. The van der Waals surface area contributed by atoms with E-state index in [1.165, 1.54) is 19.2 Å². The van der Waals surface area contributed by atoms with Gasteiger partial charge < -0.3 is 20.1 Å². The smallest absolute Gasteiger partial charge is 0.261 e. The summed E-state index contributed by atoms with van der Waals surface area (Å²) >= 11 is 0. The number of anilines is 2. The molecule has 1 unspecified atom stereocenters. The first-order valence-electron chi connectivity index (χ1n) is 10.3. The highest BCUT2D eigenvalue weighted by Gasteiger charge is 2.33. The summed E-state index contributed by atoms with van der Waals surface area (Å²) in [7, 11) is -0.728. The van der Waals surface area contributed by atoms with Crippen LogP contribution >= 0.6 is 0 Å². The first-order chi connectivity index (χ1) is 15.8. The molecule has 3 aromatic rings. The molecule has 4 rings (SSSR count). The molecule has 0 radical (unpaired) electrons. The Bertz CT molecular complexity index is 1280. The number of methoxy groups -OCH3 is 2. The Balaban J connectivity index is 1.67. The molecule has 172 valence electrons. The average Bonchev–Trinajstić information content (AvgIpc) is 3.24. The van der Waals surface area contributed by atoms with Gasteiger partial charge in [-0.05, 0) is 60.5 Å². The lowest BCUT2D eigenvalue weighted by molar-refractivity contribution is -0.119. The van der Waals surface area contributed by atoms with Crippen molar-refractivity contribution in [3.8, 4) is 11.5 Å². The van der Waals surface area contributed by atoms with Gasteiger partial charge in [0, 0.05) is 17.8 Å². The number of amides is 1. The lowest BCUT2D eigenvalue weighted by atomic mass is 10.0. The van der Waals surface area contributed by atoms with Crippen molar-refractivity contribution in [1.29, 1.82) is 0 Å². The number of carbonyl (C=O) groups is 1. The van der Waals surface area contributed by atoms with Crippen LogP contribution in [0.2, 0.25) is 0 Å². The molecule has 1 amide bonds. The zero-order valence-corrected chi connectivity index (χ0v) is 19.1. The third kappa shape index (κ3) is 4.45. The van der Waals surface area contributed by atoms with Gasteiger partial charge in [-0.1, -0.05) is 18.2 Å². The molecule has 3 aromatic carbocycles. The summed E-state index contributed by atoms with van der Waals surface area (Å²) in [5, 5.41) is 0. The molecular weight excluding hydrogens is 442 g/mol. The summed E-state index contributed by atoms with van der Waals surface area (Å²) in [5.41, 5.74) is 8.54. The minimum Gasteiger partial charge on any atom is -0.497 e. The number of nitrogens with two attached hydrogens (primary N) is 1. The van der Waals surface area contributed by atoms with E-state index in [1.54, 1.807) is 49.6 Å². The zero-order valence-electron chi connectivity index (χ0n) is 18.3. The van der Waals surface area contributed by atoms with Crippen LogP contribution in [0.1, 0.15) is 17.2 Å². The fourth-order valence-corrected chi connectivity index (χ4v) is 5.18. The number of rotatable bonds is 8. The number of nitrogens with one attached hydrogen (secondary N) is 1. The van der Waals surface area contributed by atoms with E-state index in [1.807, 2.05) is 17.0 Å².